The van der Waals surface area contributed by atoms with Crippen molar-refractivity contribution in [3.05, 3.63) is 28.4 Å². The van der Waals surface area contributed by atoms with E-state index in [0.717, 1.165) is 16.5 Å². The normalized spacial score (nSPS) is 11.1. The van der Waals surface area contributed by atoms with E-state index in [2.05, 4.69) is 33.2 Å². The van der Waals surface area contributed by atoms with Crippen LogP contribution in [0.25, 0.3) is 10.9 Å². The maximum Gasteiger partial charge on any atom is 0.136 e. The molecule has 14 heavy (non-hydrogen) atoms. The van der Waals surface area contributed by atoms with Gasteiger partial charge in [-0.25, -0.2) is 0 Å². The Morgan fingerprint density at radius 1 is 1.50 bits per heavy atom. The van der Waals surface area contributed by atoms with Crippen LogP contribution in [0.1, 0.15) is 5.56 Å². The maximum atomic E-state index is 5.57. The lowest BCUT2D eigenvalue weighted by atomic mass is 10.1. The van der Waals surface area contributed by atoms with E-state index in [-0.39, 0.29) is 0 Å². The summed E-state index contributed by atoms with van der Waals surface area (Å²) in [6.45, 7) is 0.667. The molecule has 0 amide bonds. The van der Waals surface area contributed by atoms with E-state index in [1.165, 1.54) is 10.9 Å². The van der Waals surface area contributed by atoms with Crippen LogP contribution in [0.3, 0.4) is 0 Å². The minimum Gasteiger partial charge on any atom is -0.330 e. The molecule has 74 valence electrons. The third kappa shape index (κ3) is 1.44. The fraction of sp³-hybridized carbons (Fsp3) is 0.300. The number of hydrogen-bond acceptors (Lipinski definition) is 2. The lowest BCUT2D eigenvalue weighted by Crippen LogP contribution is -2.02. The molecule has 0 aliphatic rings. The van der Waals surface area contributed by atoms with Gasteiger partial charge in [0.05, 0.1) is 5.52 Å². The first-order valence-electron chi connectivity index (χ1n) is 4.54. The van der Waals surface area contributed by atoms with E-state index < -0.39 is 0 Å². The molecule has 1 heterocycles. The lowest BCUT2D eigenvalue weighted by molar-refractivity contribution is 0.788. The summed E-state index contributed by atoms with van der Waals surface area (Å²) in [6, 6.07) is 6.20. The molecule has 0 unspecified atom stereocenters. The van der Waals surface area contributed by atoms with Gasteiger partial charge in [-0.15, -0.1) is 0 Å². The van der Waals surface area contributed by atoms with Gasteiger partial charge in [0.1, 0.15) is 4.60 Å². The Hall–Kier alpha value is -0.870. The van der Waals surface area contributed by atoms with Crippen LogP contribution in [0.4, 0.5) is 0 Å². The van der Waals surface area contributed by atoms with Gasteiger partial charge in [0, 0.05) is 12.4 Å². The Kier molecular flexibility index (Phi) is 2.56. The zero-order valence-electron chi connectivity index (χ0n) is 8.00. The second kappa shape index (κ2) is 3.71. The summed E-state index contributed by atoms with van der Waals surface area (Å²) >= 11 is 3.47. The molecular formula is C10H12BrN3. The molecule has 0 bridgehead atoms. The zero-order chi connectivity index (χ0) is 10.1. The number of benzene rings is 1. The van der Waals surface area contributed by atoms with Gasteiger partial charge in [-0.05, 0) is 40.5 Å². The van der Waals surface area contributed by atoms with E-state index in [1.807, 2.05) is 17.8 Å². The Morgan fingerprint density at radius 3 is 3.00 bits per heavy atom. The summed E-state index contributed by atoms with van der Waals surface area (Å²) < 4.78 is 2.78. The Bertz CT molecular complexity index is 462. The van der Waals surface area contributed by atoms with Crippen molar-refractivity contribution in [2.75, 3.05) is 6.54 Å². The number of nitrogens with zero attached hydrogens (tertiary/aromatic N) is 2. The van der Waals surface area contributed by atoms with Gasteiger partial charge in [0.15, 0.2) is 0 Å². The third-order valence-corrected chi connectivity index (χ3v) is 2.89. The highest BCUT2D eigenvalue weighted by atomic mass is 79.9. The SMILES string of the molecule is Cn1nc(Br)c2c(CCN)cccc21. The van der Waals surface area contributed by atoms with E-state index in [1.54, 1.807) is 0 Å². The van der Waals surface area contributed by atoms with Gasteiger partial charge < -0.3 is 5.73 Å². The number of fused-ring (bicyclic) bond motifs is 1. The van der Waals surface area contributed by atoms with Gasteiger partial charge in [0.2, 0.25) is 0 Å². The first-order chi connectivity index (χ1) is 6.74. The monoisotopic (exact) mass is 253 g/mol. The molecule has 1 aromatic carbocycles. The number of nitrogens with two attached hydrogens (primary N) is 1. The molecule has 0 radical (unpaired) electrons. The van der Waals surface area contributed by atoms with Crippen LogP contribution in [-0.4, -0.2) is 16.3 Å². The fourth-order valence-corrected chi connectivity index (χ4v) is 2.39. The number of hydrogen-bond donors (Lipinski definition) is 1. The van der Waals surface area contributed by atoms with Crippen molar-refractivity contribution >= 4 is 26.8 Å². The van der Waals surface area contributed by atoms with Crippen molar-refractivity contribution in [2.45, 2.75) is 6.42 Å². The summed E-state index contributed by atoms with van der Waals surface area (Å²) in [7, 11) is 1.94. The molecule has 4 heteroatoms. The van der Waals surface area contributed by atoms with Crippen LogP contribution in [-0.2, 0) is 13.5 Å². The zero-order valence-corrected chi connectivity index (χ0v) is 9.58. The molecule has 2 rings (SSSR count). The van der Waals surface area contributed by atoms with Crippen molar-refractivity contribution in [1.82, 2.24) is 9.78 Å². The molecule has 0 fully saturated rings. The molecule has 0 aliphatic carbocycles. The Balaban J connectivity index is 2.72. The van der Waals surface area contributed by atoms with Gasteiger partial charge in [-0.3, -0.25) is 4.68 Å². The number of rotatable bonds is 2. The number of halogens is 1. The average Bonchev–Trinajstić information content (AvgIpc) is 2.44. The van der Waals surface area contributed by atoms with Crippen molar-refractivity contribution < 1.29 is 0 Å². The first kappa shape index (κ1) is 9.68. The molecule has 2 N–H and O–H groups in total. The molecular weight excluding hydrogens is 242 g/mol. The molecule has 0 atom stereocenters. The molecule has 1 aromatic heterocycles. The number of aryl methyl sites for hydroxylation is 1. The van der Waals surface area contributed by atoms with Gasteiger partial charge in [-0.1, -0.05) is 12.1 Å². The largest absolute Gasteiger partial charge is 0.330 e. The van der Waals surface area contributed by atoms with Crippen LogP contribution in [0.2, 0.25) is 0 Å². The van der Waals surface area contributed by atoms with Crippen molar-refractivity contribution in [3.63, 3.8) is 0 Å². The summed E-state index contributed by atoms with van der Waals surface area (Å²) in [5.74, 6) is 0. The van der Waals surface area contributed by atoms with Crippen molar-refractivity contribution in [1.29, 1.82) is 0 Å². The lowest BCUT2D eigenvalue weighted by Gasteiger charge is -2.01. The quantitative estimate of drug-likeness (QED) is 0.888. The van der Waals surface area contributed by atoms with Gasteiger partial charge in [0.25, 0.3) is 0 Å². The van der Waals surface area contributed by atoms with E-state index in [9.17, 15) is 0 Å². The Labute approximate surface area is 91.0 Å². The van der Waals surface area contributed by atoms with E-state index in [4.69, 9.17) is 5.73 Å². The number of aromatic nitrogens is 2. The van der Waals surface area contributed by atoms with Gasteiger partial charge in [-0.2, -0.15) is 5.10 Å². The molecule has 0 spiro atoms. The highest BCUT2D eigenvalue weighted by Crippen LogP contribution is 2.26. The second-order valence-electron chi connectivity index (χ2n) is 3.26. The molecule has 3 nitrogen and oxygen atoms in total. The second-order valence-corrected chi connectivity index (χ2v) is 4.02. The van der Waals surface area contributed by atoms with Gasteiger partial charge >= 0.3 is 0 Å². The molecule has 0 saturated carbocycles. The molecule has 0 aliphatic heterocycles. The highest BCUT2D eigenvalue weighted by molar-refractivity contribution is 9.10. The van der Waals surface area contributed by atoms with Crippen LogP contribution in [0.15, 0.2) is 22.8 Å². The summed E-state index contributed by atoms with van der Waals surface area (Å²) in [5, 5.41) is 5.51. The smallest absolute Gasteiger partial charge is 0.136 e. The summed E-state index contributed by atoms with van der Waals surface area (Å²) in [4.78, 5) is 0. The van der Waals surface area contributed by atoms with Crippen LogP contribution < -0.4 is 5.73 Å². The third-order valence-electron chi connectivity index (χ3n) is 2.34. The predicted molar refractivity (Wildman–Crippen MR) is 61.2 cm³/mol. The van der Waals surface area contributed by atoms with Crippen LogP contribution in [0, 0.1) is 0 Å². The molecule has 2 aromatic rings. The van der Waals surface area contributed by atoms with E-state index in [0.29, 0.717) is 6.54 Å². The minimum atomic E-state index is 0.667. The topological polar surface area (TPSA) is 43.8 Å². The highest BCUT2D eigenvalue weighted by Gasteiger charge is 2.09. The summed E-state index contributed by atoms with van der Waals surface area (Å²) in [6.07, 6.45) is 0.891. The van der Waals surface area contributed by atoms with Crippen LogP contribution >= 0.6 is 15.9 Å². The Morgan fingerprint density at radius 2 is 2.29 bits per heavy atom. The fourth-order valence-electron chi connectivity index (χ4n) is 1.69. The average molecular weight is 254 g/mol. The summed E-state index contributed by atoms with van der Waals surface area (Å²) in [5.41, 5.74) is 7.96. The first-order valence-corrected chi connectivity index (χ1v) is 5.33. The molecule has 0 saturated heterocycles. The van der Waals surface area contributed by atoms with E-state index >= 15 is 0 Å². The minimum absolute atomic E-state index is 0.667. The maximum absolute atomic E-state index is 5.57. The van der Waals surface area contributed by atoms with Crippen molar-refractivity contribution in [2.24, 2.45) is 12.8 Å². The standard InChI is InChI=1S/C10H12BrN3/c1-14-8-4-2-3-7(5-6-12)9(8)10(11)13-14/h2-4H,5-6,12H2,1H3. The van der Waals surface area contributed by atoms with Crippen LogP contribution in [0.5, 0.6) is 0 Å². The predicted octanol–water partition coefficient (Wildman–Crippen LogP) is 1.84. The van der Waals surface area contributed by atoms with Crippen molar-refractivity contribution in [3.8, 4) is 0 Å².